The molecule has 1 aromatic rings. The van der Waals surface area contributed by atoms with Crippen molar-refractivity contribution < 1.29 is 65.8 Å². The minimum atomic E-state index is -5.83. The summed E-state index contributed by atoms with van der Waals surface area (Å²) in [6.07, 6.45) is -7.13. The number of nitrogens with two attached hydrogens (primary N) is 1. The highest BCUT2D eigenvalue weighted by Crippen LogP contribution is 2.66. The van der Waals surface area contributed by atoms with Crippen LogP contribution in [0.5, 0.6) is 0 Å². The molecule has 7 atom stereocenters. The van der Waals surface area contributed by atoms with Gasteiger partial charge >= 0.3 is 29.2 Å². The van der Waals surface area contributed by atoms with E-state index in [1.165, 1.54) is 0 Å². The maximum absolute atomic E-state index is 13.6. The first-order valence-electron chi connectivity index (χ1n) is 8.06. The van der Waals surface area contributed by atoms with Gasteiger partial charge in [0.25, 0.3) is 0 Å². The topological polar surface area (TPSA) is 283 Å². The molecular weight excluding hydrogens is 512 g/mol. The molecule has 1 aliphatic rings. The Kier molecular flexibility index (Phi) is 7.81. The van der Waals surface area contributed by atoms with E-state index < -0.39 is 66.0 Å². The summed E-state index contributed by atoms with van der Waals surface area (Å²) in [5.74, 6) is -0.328. The van der Waals surface area contributed by atoms with Crippen LogP contribution >= 0.6 is 23.5 Å². The van der Waals surface area contributed by atoms with Gasteiger partial charge in [0.2, 0.25) is 0 Å². The molecule has 2 rings (SSSR count). The van der Waals surface area contributed by atoms with Crippen LogP contribution in [0.2, 0.25) is 0 Å². The molecule has 8 N–H and O–H groups in total. The van der Waals surface area contributed by atoms with Gasteiger partial charge < -0.3 is 40.3 Å². The standard InChI is InChI=1S/C10H18FN4O14P3/c1-4(27-31(22,23)29-32(24,25)28-30(19,20)21)6-7(16)10(18,3-11)8(26-6)15-9(17)14-5(12)2-13-15/h2,4,6-8,16,18H,3H2,1H3,(H,22,23)(H,24,25)(H2,12,14,17)(H2,19,20,21)/t4-,6-,7?,8-,10-/m1/s1. The molecule has 32 heavy (non-hydrogen) atoms. The molecule has 0 amide bonds. The maximum atomic E-state index is 13.6. The van der Waals surface area contributed by atoms with Crippen LogP contribution in [0.4, 0.5) is 10.2 Å². The van der Waals surface area contributed by atoms with E-state index in [4.69, 9.17) is 25.2 Å². The molecule has 1 saturated heterocycles. The van der Waals surface area contributed by atoms with Gasteiger partial charge in [0.05, 0.1) is 12.3 Å². The molecule has 0 bridgehead atoms. The van der Waals surface area contributed by atoms with Gasteiger partial charge in [0.1, 0.15) is 24.7 Å². The van der Waals surface area contributed by atoms with Crippen molar-refractivity contribution in [3.8, 4) is 0 Å². The first-order chi connectivity index (χ1) is 14.4. The molecular formula is C10H18FN4O14P3. The van der Waals surface area contributed by atoms with Crippen molar-refractivity contribution in [1.29, 1.82) is 0 Å². The average Bonchev–Trinajstić information content (AvgIpc) is 2.84. The molecule has 0 saturated carbocycles. The van der Waals surface area contributed by atoms with Crippen molar-refractivity contribution in [2.45, 2.75) is 37.1 Å². The van der Waals surface area contributed by atoms with Gasteiger partial charge in [0.15, 0.2) is 11.8 Å². The van der Waals surface area contributed by atoms with E-state index in [0.29, 0.717) is 4.68 Å². The van der Waals surface area contributed by atoms with E-state index >= 15 is 0 Å². The van der Waals surface area contributed by atoms with E-state index in [1.807, 2.05) is 0 Å². The van der Waals surface area contributed by atoms with Crippen LogP contribution < -0.4 is 11.4 Å². The number of alkyl halides is 1. The van der Waals surface area contributed by atoms with Gasteiger partial charge in [0, 0.05) is 0 Å². The molecule has 2 heterocycles. The zero-order valence-corrected chi connectivity index (χ0v) is 18.4. The summed E-state index contributed by atoms with van der Waals surface area (Å²) in [7, 11) is -17.1. The lowest BCUT2D eigenvalue weighted by Gasteiger charge is -2.28. The van der Waals surface area contributed by atoms with E-state index in [-0.39, 0.29) is 5.82 Å². The lowest BCUT2D eigenvalue weighted by Crippen LogP contribution is -2.51. The number of nitrogen functional groups attached to an aromatic ring is 1. The van der Waals surface area contributed by atoms with Crippen molar-refractivity contribution in [2.75, 3.05) is 12.4 Å². The highest BCUT2D eigenvalue weighted by atomic mass is 31.3. The molecule has 0 aliphatic carbocycles. The number of phosphoric acid groups is 3. The average molecular weight is 530 g/mol. The number of aliphatic hydroxyl groups is 2. The number of anilines is 1. The van der Waals surface area contributed by atoms with Gasteiger partial charge in [-0.2, -0.15) is 23.4 Å². The second kappa shape index (κ2) is 9.23. The fourth-order valence-corrected chi connectivity index (χ4v) is 5.84. The molecule has 0 radical (unpaired) electrons. The monoisotopic (exact) mass is 530 g/mol. The fraction of sp³-hybridized carbons (Fsp3) is 0.700. The Hall–Kier alpha value is -1.17. The van der Waals surface area contributed by atoms with Crippen LogP contribution in [-0.2, 0) is 31.6 Å². The third-order valence-electron chi connectivity index (χ3n) is 3.89. The first-order valence-corrected chi connectivity index (χ1v) is 12.6. The molecule has 1 aliphatic heterocycles. The quantitative estimate of drug-likeness (QED) is 0.168. The van der Waals surface area contributed by atoms with Gasteiger partial charge in [-0.3, -0.25) is 4.52 Å². The van der Waals surface area contributed by atoms with Gasteiger partial charge in [-0.25, -0.2) is 22.9 Å². The lowest BCUT2D eigenvalue weighted by molar-refractivity contribution is -0.127. The summed E-state index contributed by atoms with van der Waals surface area (Å²) in [5.41, 5.74) is 1.23. The largest absolute Gasteiger partial charge is 0.490 e. The molecule has 18 nitrogen and oxygen atoms in total. The zero-order valence-electron chi connectivity index (χ0n) is 15.7. The number of hydrogen-bond acceptors (Lipinski definition) is 13. The Balaban J connectivity index is 2.25. The summed E-state index contributed by atoms with van der Waals surface area (Å²) in [4.78, 5) is 51.0. The predicted octanol–water partition coefficient (Wildman–Crippen LogP) is -2.09. The van der Waals surface area contributed by atoms with E-state index in [2.05, 4.69) is 23.2 Å². The van der Waals surface area contributed by atoms with Crippen molar-refractivity contribution in [3.63, 3.8) is 0 Å². The van der Waals surface area contributed by atoms with Crippen LogP contribution in [0.1, 0.15) is 13.2 Å². The molecule has 22 heteroatoms. The number of nitrogens with zero attached hydrogens (tertiary/aromatic N) is 3. The summed E-state index contributed by atoms with van der Waals surface area (Å²) in [5, 5.41) is 24.3. The van der Waals surface area contributed by atoms with Crippen molar-refractivity contribution in [1.82, 2.24) is 14.8 Å². The van der Waals surface area contributed by atoms with Crippen molar-refractivity contribution in [3.05, 3.63) is 16.7 Å². The van der Waals surface area contributed by atoms with Crippen LogP contribution in [-0.4, -0.2) is 75.1 Å². The predicted molar refractivity (Wildman–Crippen MR) is 96.0 cm³/mol. The van der Waals surface area contributed by atoms with E-state index in [9.17, 15) is 38.0 Å². The van der Waals surface area contributed by atoms with Gasteiger partial charge in [-0.1, -0.05) is 0 Å². The number of rotatable bonds is 9. The van der Waals surface area contributed by atoms with E-state index in [0.717, 1.165) is 13.1 Å². The third-order valence-corrected chi connectivity index (χ3v) is 7.81. The second-order valence-electron chi connectivity index (χ2n) is 6.33. The Labute approximate surface area is 176 Å². The van der Waals surface area contributed by atoms with Gasteiger partial charge in [-0.05, 0) is 6.92 Å². The van der Waals surface area contributed by atoms with Crippen molar-refractivity contribution >= 4 is 29.3 Å². The third kappa shape index (κ3) is 6.24. The summed E-state index contributed by atoms with van der Waals surface area (Å²) in [6, 6.07) is 0. The molecule has 184 valence electrons. The van der Waals surface area contributed by atoms with Crippen molar-refractivity contribution in [2.24, 2.45) is 0 Å². The zero-order chi connectivity index (χ0) is 24.7. The number of halogens is 1. The number of aliphatic hydroxyl groups excluding tert-OH is 1. The number of aromatic nitrogens is 3. The SMILES string of the molecule is C[C@@H](OP(=O)(O)OP(=O)(O)OP(=O)(O)O)[C@H]1O[C@@H](n2ncc(N)nc2=O)[C@@](O)(CF)C1O. The van der Waals surface area contributed by atoms with Crippen LogP contribution in [0.15, 0.2) is 11.0 Å². The highest BCUT2D eigenvalue weighted by Gasteiger charge is 2.59. The minimum absolute atomic E-state index is 0.328. The van der Waals surface area contributed by atoms with E-state index in [1.54, 1.807) is 0 Å². The van der Waals surface area contributed by atoms with Gasteiger partial charge in [-0.15, -0.1) is 0 Å². The molecule has 3 unspecified atom stereocenters. The normalized spacial score (nSPS) is 31.1. The Morgan fingerprint density at radius 1 is 1.28 bits per heavy atom. The highest BCUT2D eigenvalue weighted by molar-refractivity contribution is 7.66. The lowest BCUT2D eigenvalue weighted by atomic mass is 9.94. The first kappa shape index (κ1) is 27.1. The Morgan fingerprint density at radius 3 is 2.38 bits per heavy atom. The Bertz CT molecular complexity index is 1050. The molecule has 0 aromatic carbocycles. The summed E-state index contributed by atoms with van der Waals surface area (Å²) in [6.45, 7) is -0.805. The number of hydrogen-bond donors (Lipinski definition) is 7. The smallest absolute Gasteiger partial charge is 0.387 e. The summed E-state index contributed by atoms with van der Waals surface area (Å²) < 4.78 is 64.7. The number of ether oxygens (including phenoxy) is 1. The fourth-order valence-electron chi connectivity index (χ4n) is 2.64. The minimum Gasteiger partial charge on any atom is -0.387 e. The van der Waals surface area contributed by atoms with Crippen LogP contribution in [0, 0.1) is 0 Å². The maximum Gasteiger partial charge on any atom is 0.490 e. The molecule has 1 aromatic heterocycles. The Morgan fingerprint density at radius 2 is 1.88 bits per heavy atom. The second-order valence-corrected chi connectivity index (χ2v) is 10.7. The molecule has 0 spiro atoms. The number of phosphoric ester groups is 1. The molecule has 1 fully saturated rings. The van der Waals surface area contributed by atoms with Crippen LogP contribution in [0.25, 0.3) is 0 Å². The summed E-state index contributed by atoms with van der Waals surface area (Å²) >= 11 is 0. The van der Waals surface area contributed by atoms with Crippen LogP contribution in [0.3, 0.4) is 0 Å².